The average Bonchev–Trinajstić information content (AvgIpc) is 2.34. The fraction of sp³-hybridized carbons (Fsp3) is 0.417. The number of benzene rings is 1. The summed E-state index contributed by atoms with van der Waals surface area (Å²) in [4.78, 5) is 10.9. The molecule has 4 nitrogen and oxygen atoms in total. The van der Waals surface area contributed by atoms with Gasteiger partial charge in [0.2, 0.25) is 5.91 Å². The number of hydrogen-bond donors (Lipinski definition) is 2. The van der Waals surface area contributed by atoms with Crippen molar-refractivity contribution in [2.24, 2.45) is 0 Å². The number of aryl methyl sites for hydroxylation is 1. The Kier molecular flexibility index (Phi) is 5.53. The highest BCUT2D eigenvalue weighted by molar-refractivity contribution is 5.74. The standard InChI is InChI=1S/C12H17NO3/c1-16-8-7-11-4-2-3-10(9-11)5-6-12(14)13-15/h2-4,9,15H,5-8H2,1H3,(H,13,14). The quantitative estimate of drug-likeness (QED) is 0.564. The maximum absolute atomic E-state index is 10.9. The molecule has 88 valence electrons. The van der Waals surface area contributed by atoms with Crippen LogP contribution in [0.3, 0.4) is 0 Å². The Balaban J connectivity index is 2.50. The minimum absolute atomic E-state index is 0.296. The summed E-state index contributed by atoms with van der Waals surface area (Å²) in [6.07, 6.45) is 1.80. The van der Waals surface area contributed by atoms with Gasteiger partial charge >= 0.3 is 0 Å². The first-order valence-corrected chi connectivity index (χ1v) is 5.26. The van der Waals surface area contributed by atoms with Crippen LogP contribution in [0.5, 0.6) is 0 Å². The summed E-state index contributed by atoms with van der Waals surface area (Å²) in [5.74, 6) is -0.359. The Hall–Kier alpha value is -1.39. The third kappa shape index (κ3) is 4.42. The number of hydroxylamine groups is 1. The summed E-state index contributed by atoms with van der Waals surface area (Å²) in [5.41, 5.74) is 3.92. The lowest BCUT2D eigenvalue weighted by atomic mass is 10.0. The molecule has 1 aromatic carbocycles. The molecule has 1 rings (SSSR count). The Morgan fingerprint density at radius 2 is 2.06 bits per heavy atom. The van der Waals surface area contributed by atoms with Gasteiger partial charge in [0.05, 0.1) is 6.61 Å². The summed E-state index contributed by atoms with van der Waals surface area (Å²) >= 11 is 0. The summed E-state index contributed by atoms with van der Waals surface area (Å²) in [6, 6.07) is 8.04. The van der Waals surface area contributed by atoms with Gasteiger partial charge in [0, 0.05) is 13.5 Å². The van der Waals surface area contributed by atoms with Crippen molar-refractivity contribution in [3.05, 3.63) is 35.4 Å². The third-order valence-corrected chi connectivity index (χ3v) is 2.35. The lowest BCUT2D eigenvalue weighted by Crippen LogP contribution is -2.18. The van der Waals surface area contributed by atoms with Crippen molar-refractivity contribution < 1.29 is 14.7 Å². The molecule has 0 radical (unpaired) electrons. The molecule has 0 aromatic heterocycles. The zero-order chi connectivity index (χ0) is 11.8. The van der Waals surface area contributed by atoms with E-state index in [1.165, 1.54) is 5.56 Å². The topological polar surface area (TPSA) is 58.6 Å². The van der Waals surface area contributed by atoms with E-state index in [0.717, 1.165) is 12.0 Å². The Bertz CT molecular complexity index is 339. The maximum Gasteiger partial charge on any atom is 0.243 e. The second-order valence-electron chi connectivity index (χ2n) is 3.60. The molecular formula is C12H17NO3. The van der Waals surface area contributed by atoms with Crippen LogP contribution in [0.15, 0.2) is 24.3 Å². The van der Waals surface area contributed by atoms with Crippen LogP contribution in [-0.2, 0) is 22.4 Å². The number of hydrogen-bond acceptors (Lipinski definition) is 3. The summed E-state index contributed by atoms with van der Waals surface area (Å²) in [7, 11) is 1.68. The lowest BCUT2D eigenvalue weighted by Gasteiger charge is -2.04. The van der Waals surface area contributed by atoms with E-state index < -0.39 is 0 Å². The van der Waals surface area contributed by atoms with Gasteiger partial charge < -0.3 is 4.74 Å². The minimum atomic E-state index is -0.359. The van der Waals surface area contributed by atoms with Crippen molar-refractivity contribution >= 4 is 5.91 Å². The van der Waals surface area contributed by atoms with Crippen LogP contribution in [0.4, 0.5) is 0 Å². The lowest BCUT2D eigenvalue weighted by molar-refractivity contribution is -0.129. The number of nitrogens with one attached hydrogen (secondary N) is 1. The molecule has 1 aromatic rings. The van der Waals surface area contributed by atoms with Crippen molar-refractivity contribution in [3.63, 3.8) is 0 Å². The van der Waals surface area contributed by atoms with E-state index in [-0.39, 0.29) is 5.91 Å². The van der Waals surface area contributed by atoms with Crippen molar-refractivity contribution in [2.75, 3.05) is 13.7 Å². The smallest absolute Gasteiger partial charge is 0.243 e. The van der Waals surface area contributed by atoms with Gasteiger partial charge in [0.15, 0.2) is 0 Å². The van der Waals surface area contributed by atoms with Crippen molar-refractivity contribution in [2.45, 2.75) is 19.3 Å². The van der Waals surface area contributed by atoms with Gasteiger partial charge in [0.25, 0.3) is 0 Å². The second kappa shape index (κ2) is 6.98. The highest BCUT2D eigenvalue weighted by Gasteiger charge is 2.01. The van der Waals surface area contributed by atoms with E-state index in [9.17, 15) is 4.79 Å². The van der Waals surface area contributed by atoms with Gasteiger partial charge in [-0.25, -0.2) is 5.48 Å². The molecule has 0 saturated heterocycles. The van der Waals surface area contributed by atoms with Crippen molar-refractivity contribution in [1.29, 1.82) is 0 Å². The minimum Gasteiger partial charge on any atom is -0.384 e. The normalized spacial score (nSPS) is 10.1. The van der Waals surface area contributed by atoms with Gasteiger partial charge in [0.1, 0.15) is 0 Å². The average molecular weight is 223 g/mol. The van der Waals surface area contributed by atoms with Crippen LogP contribution in [-0.4, -0.2) is 24.8 Å². The molecule has 0 heterocycles. The largest absolute Gasteiger partial charge is 0.384 e. The predicted octanol–water partition coefficient (Wildman–Crippen LogP) is 1.31. The van der Waals surface area contributed by atoms with Crippen LogP contribution >= 0.6 is 0 Å². The molecule has 0 spiro atoms. The van der Waals surface area contributed by atoms with Gasteiger partial charge in [-0.05, 0) is 24.0 Å². The number of rotatable bonds is 6. The molecule has 2 N–H and O–H groups in total. The first-order valence-electron chi connectivity index (χ1n) is 5.26. The highest BCUT2D eigenvalue weighted by atomic mass is 16.5. The number of ether oxygens (including phenoxy) is 1. The fourth-order valence-electron chi connectivity index (χ4n) is 1.47. The summed E-state index contributed by atoms with van der Waals surface area (Å²) in [5, 5.41) is 8.37. The van der Waals surface area contributed by atoms with Gasteiger partial charge in [-0.3, -0.25) is 10.0 Å². The number of carbonyl (C=O) groups excluding carboxylic acids is 1. The van der Waals surface area contributed by atoms with E-state index in [1.54, 1.807) is 12.6 Å². The van der Waals surface area contributed by atoms with Crippen LogP contribution in [0.1, 0.15) is 17.5 Å². The molecule has 1 amide bonds. The zero-order valence-corrected chi connectivity index (χ0v) is 9.40. The van der Waals surface area contributed by atoms with Crippen LogP contribution in [0.2, 0.25) is 0 Å². The molecule has 0 aliphatic heterocycles. The van der Waals surface area contributed by atoms with Crippen LogP contribution < -0.4 is 5.48 Å². The maximum atomic E-state index is 10.9. The van der Waals surface area contributed by atoms with Gasteiger partial charge in [-0.1, -0.05) is 24.3 Å². The Morgan fingerprint density at radius 3 is 2.69 bits per heavy atom. The Morgan fingerprint density at radius 1 is 1.38 bits per heavy atom. The fourth-order valence-corrected chi connectivity index (χ4v) is 1.47. The molecule has 16 heavy (non-hydrogen) atoms. The second-order valence-corrected chi connectivity index (χ2v) is 3.60. The summed E-state index contributed by atoms with van der Waals surface area (Å²) < 4.78 is 5.00. The number of methoxy groups -OCH3 is 1. The molecule has 0 bridgehead atoms. The first-order chi connectivity index (χ1) is 7.76. The summed E-state index contributed by atoms with van der Waals surface area (Å²) in [6.45, 7) is 0.695. The first kappa shape index (κ1) is 12.7. The highest BCUT2D eigenvalue weighted by Crippen LogP contribution is 2.08. The Labute approximate surface area is 95.2 Å². The molecule has 0 unspecified atom stereocenters. The van der Waals surface area contributed by atoms with E-state index in [2.05, 4.69) is 6.07 Å². The number of carbonyl (C=O) groups is 1. The molecule has 0 aliphatic carbocycles. The third-order valence-electron chi connectivity index (χ3n) is 2.35. The van der Waals surface area contributed by atoms with E-state index in [4.69, 9.17) is 9.94 Å². The van der Waals surface area contributed by atoms with Crippen LogP contribution in [0.25, 0.3) is 0 Å². The number of amides is 1. The SMILES string of the molecule is COCCc1cccc(CCC(=O)NO)c1. The molecule has 0 saturated carbocycles. The monoisotopic (exact) mass is 223 g/mol. The molecule has 0 aliphatic rings. The predicted molar refractivity (Wildman–Crippen MR) is 60.3 cm³/mol. The molecule has 4 heteroatoms. The molecular weight excluding hydrogens is 206 g/mol. The van der Waals surface area contributed by atoms with E-state index in [1.807, 2.05) is 18.2 Å². The van der Waals surface area contributed by atoms with Crippen LogP contribution in [0, 0.1) is 0 Å². The van der Waals surface area contributed by atoms with E-state index >= 15 is 0 Å². The van der Waals surface area contributed by atoms with E-state index in [0.29, 0.717) is 19.4 Å². The zero-order valence-electron chi connectivity index (χ0n) is 9.40. The van der Waals surface area contributed by atoms with Crippen molar-refractivity contribution in [3.8, 4) is 0 Å². The van der Waals surface area contributed by atoms with Crippen molar-refractivity contribution in [1.82, 2.24) is 5.48 Å². The molecule has 0 fully saturated rings. The molecule has 0 atom stereocenters. The van der Waals surface area contributed by atoms with Gasteiger partial charge in [-0.2, -0.15) is 0 Å². The van der Waals surface area contributed by atoms with Gasteiger partial charge in [-0.15, -0.1) is 0 Å².